The molecule has 1 aromatic rings. The summed E-state index contributed by atoms with van der Waals surface area (Å²) in [6, 6.07) is 5.90. The van der Waals surface area contributed by atoms with Crippen LogP contribution in [0.2, 0.25) is 0 Å². The molecule has 0 spiro atoms. The van der Waals surface area contributed by atoms with E-state index in [1.165, 1.54) is 37.7 Å². The quantitative estimate of drug-likeness (QED) is 0.720. The van der Waals surface area contributed by atoms with Gasteiger partial charge in [-0.15, -0.1) is 0 Å². The summed E-state index contributed by atoms with van der Waals surface area (Å²) in [4.78, 5) is 12.0. The van der Waals surface area contributed by atoms with Gasteiger partial charge < -0.3 is 5.32 Å². The Labute approximate surface area is 120 Å². The van der Waals surface area contributed by atoms with Crippen molar-refractivity contribution >= 4 is 15.9 Å². The van der Waals surface area contributed by atoms with E-state index in [1.807, 2.05) is 0 Å². The Bertz CT molecular complexity index is 524. The first-order chi connectivity index (χ1) is 9.51. The predicted octanol–water partition coefficient (Wildman–Crippen LogP) is 1.90. The van der Waals surface area contributed by atoms with E-state index in [-0.39, 0.29) is 10.8 Å². The molecule has 0 radical (unpaired) electrons. The molecule has 0 bridgehead atoms. The van der Waals surface area contributed by atoms with Crippen molar-refractivity contribution in [1.29, 1.82) is 0 Å². The van der Waals surface area contributed by atoms with Crippen LogP contribution < -0.4 is 10.0 Å². The molecule has 0 saturated carbocycles. The highest BCUT2D eigenvalue weighted by Gasteiger charge is 2.12. The minimum Gasteiger partial charge on any atom is -0.352 e. The molecule has 2 N–H and O–H groups in total. The number of rotatable bonds is 8. The Morgan fingerprint density at radius 1 is 1.10 bits per heavy atom. The third-order valence-electron chi connectivity index (χ3n) is 3.01. The van der Waals surface area contributed by atoms with Crippen LogP contribution in [0.3, 0.4) is 0 Å². The van der Waals surface area contributed by atoms with E-state index in [4.69, 9.17) is 0 Å². The van der Waals surface area contributed by atoms with Crippen molar-refractivity contribution in [2.24, 2.45) is 0 Å². The number of unbranched alkanes of at least 4 members (excludes halogenated alkanes) is 3. The number of carbonyl (C=O) groups is 1. The summed E-state index contributed by atoms with van der Waals surface area (Å²) in [5.74, 6) is -0.171. The Morgan fingerprint density at radius 3 is 2.30 bits per heavy atom. The monoisotopic (exact) mass is 298 g/mol. The van der Waals surface area contributed by atoms with Crippen LogP contribution in [0, 0.1) is 0 Å². The molecule has 0 unspecified atom stereocenters. The van der Waals surface area contributed by atoms with Crippen LogP contribution in [0.1, 0.15) is 43.0 Å². The SMILES string of the molecule is CCCCCCNC(=O)c1ccc(S(=O)(=O)NC)cc1. The van der Waals surface area contributed by atoms with Crippen molar-refractivity contribution in [3.8, 4) is 0 Å². The zero-order valence-corrected chi connectivity index (χ0v) is 12.8. The van der Waals surface area contributed by atoms with Gasteiger partial charge in [-0.05, 0) is 37.7 Å². The predicted molar refractivity (Wildman–Crippen MR) is 79.2 cm³/mol. The highest BCUT2D eigenvalue weighted by Crippen LogP contribution is 2.10. The van der Waals surface area contributed by atoms with E-state index in [0.717, 1.165) is 19.3 Å². The molecule has 0 aliphatic carbocycles. The van der Waals surface area contributed by atoms with Gasteiger partial charge in [-0.25, -0.2) is 13.1 Å². The van der Waals surface area contributed by atoms with Gasteiger partial charge in [-0.3, -0.25) is 4.79 Å². The molecule has 6 heteroatoms. The first kappa shape index (κ1) is 16.7. The average Bonchev–Trinajstić information content (AvgIpc) is 2.47. The van der Waals surface area contributed by atoms with E-state index in [1.54, 1.807) is 0 Å². The number of benzene rings is 1. The van der Waals surface area contributed by atoms with E-state index in [9.17, 15) is 13.2 Å². The average molecular weight is 298 g/mol. The van der Waals surface area contributed by atoms with Crippen molar-refractivity contribution in [2.75, 3.05) is 13.6 Å². The second-order valence-corrected chi connectivity index (χ2v) is 6.44. The van der Waals surface area contributed by atoms with Crippen LogP contribution in [0.25, 0.3) is 0 Å². The number of carbonyl (C=O) groups excluding carboxylic acids is 1. The van der Waals surface area contributed by atoms with Crippen molar-refractivity contribution in [2.45, 2.75) is 37.5 Å². The molecule has 1 amide bonds. The van der Waals surface area contributed by atoms with Crippen molar-refractivity contribution in [1.82, 2.24) is 10.0 Å². The number of nitrogens with one attached hydrogen (secondary N) is 2. The smallest absolute Gasteiger partial charge is 0.251 e. The van der Waals surface area contributed by atoms with Gasteiger partial charge in [0, 0.05) is 12.1 Å². The summed E-state index contributed by atoms with van der Waals surface area (Å²) < 4.78 is 25.3. The van der Waals surface area contributed by atoms with Gasteiger partial charge in [0.1, 0.15) is 0 Å². The lowest BCUT2D eigenvalue weighted by atomic mass is 10.2. The molecule has 0 saturated heterocycles. The Kier molecular flexibility index (Phi) is 6.67. The van der Waals surface area contributed by atoms with Gasteiger partial charge in [0.2, 0.25) is 10.0 Å². The maximum absolute atomic E-state index is 11.8. The van der Waals surface area contributed by atoms with Crippen LogP contribution in [-0.4, -0.2) is 27.9 Å². The molecule has 1 rings (SSSR count). The Balaban J connectivity index is 2.54. The van der Waals surface area contributed by atoms with Crippen molar-refractivity contribution in [3.05, 3.63) is 29.8 Å². The first-order valence-electron chi connectivity index (χ1n) is 6.83. The molecule has 0 fully saturated rings. The van der Waals surface area contributed by atoms with Crippen LogP contribution in [0.15, 0.2) is 29.2 Å². The van der Waals surface area contributed by atoms with E-state index >= 15 is 0 Å². The fourth-order valence-corrected chi connectivity index (χ4v) is 2.49. The normalized spacial score (nSPS) is 11.3. The summed E-state index contributed by atoms with van der Waals surface area (Å²) in [6.07, 6.45) is 4.41. The van der Waals surface area contributed by atoms with Crippen LogP contribution >= 0.6 is 0 Å². The molecular weight excluding hydrogens is 276 g/mol. The lowest BCUT2D eigenvalue weighted by Crippen LogP contribution is -2.24. The molecule has 112 valence electrons. The molecule has 1 aromatic carbocycles. The number of sulfonamides is 1. The van der Waals surface area contributed by atoms with Gasteiger partial charge in [0.15, 0.2) is 0 Å². The summed E-state index contributed by atoms with van der Waals surface area (Å²) in [7, 11) is -2.10. The standard InChI is InChI=1S/C14H22N2O3S/c1-3-4-5-6-11-16-14(17)12-7-9-13(10-8-12)20(18,19)15-2/h7-10,15H,3-6,11H2,1-2H3,(H,16,17). The minimum absolute atomic E-state index is 0.152. The summed E-state index contributed by atoms with van der Waals surface area (Å²) in [6.45, 7) is 2.79. The molecule has 0 atom stereocenters. The topological polar surface area (TPSA) is 75.3 Å². The van der Waals surface area contributed by atoms with Crippen LogP contribution in [0.4, 0.5) is 0 Å². The molecule has 0 aromatic heterocycles. The number of hydrogen-bond acceptors (Lipinski definition) is 3. The summed E-state index contributed by atoms with van der Waals surface area (Å²) >= 11 is 0. The van der Waals surface area contributed by atoms with Crippen LogP contribution in [0.5, 0.6) is 0 Å². The third kappa shape index (κ3) is 4.94. The molecular formula is C14H22N2O3S. The molecule has 0 aliphatic heterocycles. The second kappa shape index (κ2) is 8.01. The molecule has 0 aliphatic rings. The zero-order valence-electron chi connectivity index (χ0n) is 12.0. The third-order valence-corrected chi connectivity index (χ3v) is 4.44. The molecule has 5 nitrogen and oxygen atoms in total. The highest BCUT2D eigenvalue weighted by molar-refractivity contribution is 7.89. The zero-order chi connectivity index (χ0) is 15.0. The summed E-state index contributed by atoms with van der Waals surface area (Å²) in [5, 5.41) is 2.83. The Morgan fingerprint density at radius 2 is 1.75 bits per heavy atom. The van der Waals surface area contributed by atoms with Crippen molar-refractivity contribution in [3.63, 3.8) is 0 Å². The van der Waals surface area contributed by atoms with Gasteiger partial charge in [0.25, 0.3) is 5.91 Å². The fraction of sp³-hybridized carbons (Fsp3) is 0.500. The van der Waals surface area contributed by atoms with Gasteiger partial charge in [-0.2, -0.15) is 0 Å². The Hall–Kier alpha value is -1.40. The van der Waals surface area contributed by atoms with Gasteiger partial charge in [0.05, 0.1) is 4.90 Å². The molecule has 0 heterocycles. The van der Waals surface area contributed by atoms with Crippen molar-refractivity contribution < 1.29 is 13.2 Å². The summed E-state index contributed by atoms with van der Waals surface area (Å²) in [5.41, 5.74) is 0.468. The number of amides is 1. The second-order valence-electron chi connectivity index (χ2n) is 4.55. The van der Waals surface area contributed by atoms with Gasteiger partial charge in [-0.1, -0.05) is 26.2 Å². The lowest BCUT2D eigenvalue weighted by molar-refractivity contribution is 0.0953. The fourth-order valence-electron chi connectivity index (χ4n) is 1.76. The number of hydrogen-bond donors (Lipinski definition) is 2. The lowest BCUT2D eigenvalue weighted by Gasteiger charge is -2.06. The first-order valence-corrected chi connectivity index (χ1v) is 8.31. The maximum atomic E-state index is 11.8. The van der Waals surface area contributed by atoms with E-state index in [0.29, 0.717) is 12.1 Å². The maximum Gasteiger partial charge on any atom is 0.251 e. The largest absolute Gasteiger partial charge is 0.352 e. The highest BCUT2D eigenvalue weighted by atomic mass is 32.2. The van der Waals surface area contributed by atoms with Gasteiger partial charge >= 0.3 is 0 Å². The molecule has 20 heavy (non-hydrogen) atoms. The minimum atomic E-state index is -3.45. The van der Waals surface area contributed by atoms with Crippen LogP contribution in [-0.2, 0) is 10.0 Å². The van der Waals surface area contributed by atoms with E-state index in [2.05, 4.69) is 17.0 Å². The van der Waals surface area contributed by atoms with E-state index < -0.39 is 10.0 Å².